The maximum absolute atomic E-state index is 13.3. The molecule has 9 nitrogen and oxygen atoms in total. The van der Waals surface area contributed by atoms with Crippen LogP contribution >= 0.6 is 0 Å². The monoisotopic (exact) mass is 488 g/mol. The molecule has 2 heterocycles. The lowest BCUT2D eigenvalue weighted by molar-refractivity contribution is -0.120. The zero-order chi connectivity index (χ0) is 24.3. The van der Waals surface area contributed by atoms with Gasteiger partial charge in [0.15, 0.2) is 0 Å². The predicted octanol–water partition coefficient (Wildman–Crippen LogP) is 3.37. The summed E-state index contributed by atoms with van der Waals surface area (Å²) >= 11 is 0. The lowest BCUT2D eigenvalue weighted by Crippen LogP contribution is -2.43. The number of piperidine rings is 1. The Kier molecular flexibility index (Phi) is 6.39. The number of rotatable bonds is 6. The number of nitrogens with zero attached hydrogens (tertiary/aromatic N) is 5. The van der Waals surface area contributed by atoms with Crippen molar-refractivity contribution in [3.63, 3.8) is 0 Å². The molecule has 1 aliphatic heterocycles. The van der Waals surface area contributed by atoms with Crippen molar-refractivity contribution in [3.05, 3.63) is 85.2 Å². The van der Waals surface area contributed by atoms with Gasteiger partial charge >= 0.3 is 0 Å². The number of carbonyl (C=O) groups excluding carboxylic acids is 1. The van der Waals surface area contributed by atoms with Crippen LogP contribution in [0.2, 0.25) is 0 Å². The Morgan fingerprint density at radius 3 is 2.43 bits per heavy atom. The number of anilines is 1. The summed E-state index contributed by atoms with van der Waals surface area (Å²) < 4.78 is 29.4. The van der Waals surface area contributed by atoms with Crippen LogP contribution in [0.15, 0.2) is 90.1 Å². The van der Waals surface area contributed by atoms with E-state index in [1.165, 1.54) is 27.4 Å². The third-order valence-corrected chi connectivity index (χ3v) is 7.99. The molecule has 0 unspecified atom stereocenters. The zero-order valence-electron chi connectivity index (χ0n) is 18.9. The molecule has 0 bridgehead atoms. The van der Waals surface area contributed by atoms with Crippen LogP contribution in [0.1, 0.15) is 12.8 Å². The first kappa shape index (κ1) is 22.9. The highest BCUT2D eigenvalue weighted by Gasteiger charge is 2.33. The fourth-order valence-electron chi connectivity index (χ4n) is 4.27. The molecule has 1 atom stereocenters. The van der Waals surface area contributed by atoms with E-state index in [-0.39, 0.29) is 17.3 Å². The van der Waals surface area contributed by atoms with Crippen LogP contribution in [-0.2, 0) is 14.8 Å². The summed E-state index contributed by atoms with van der Waals surface area (Å²) in [4.78, 5) is 13.4. The predicted molar refractivity (Wildman–Crippen MR) is 131 cm³/mol. The fraction of sp³-hybridized carbons (Fsp3) is 0.200. The molecule has 178 valence electrons. The molecular formula is C25H24N6O3S. The minimum Gasteiger partial charge on any atom is -0.325 e. The number of para-hydroxylation sites is 1. The third-order valence-electron chi connectivity index (χ3n) is 6.11. The van der Waals surface area contributed by atoms with Gasteiger partial charge < -0.3 is 5.32 Å². The highest BCUT2D eigenvalue weighted by Crippen LogP contribution is 2.30. The lowest BCUT2D eigenvalue weighted by atomic mass is 9.98. The van der Waals surface area contributed by atoms with E-state index < -0.39 is 15.9 Å². The molecule has 10 heteroatoms. The van der Waals surface area contributed by atoms with Crippen molar-refractivity contribution in [1.82, 2.24) is 24.5 Å². The number of carbonyl (C=O) groups is 1. The first-order chi connectivity index (χ1) is 17.0. The van der Waals surface area contributed by atoms with E-state index in [4.69, 9.17) is 0 Å². The molecule has 1 aromatic heterocycles. The average molecular weight is 489 g/mol. The Morgan fingerprint density at radius 1 is 0.943 bits per heavy atom. The molecule has 0 radical (unpaired) electrons. The van der Waals surface area contributed by atoms with Crippen LogP contribution in [0.4, 0.5) is 5.69 Å². The van der Waals surface area contributed by atoms with E-state index in [0.717, 1.165) is 11.1 Å². The van der Waals surface area contributed by atoms with Gasteiger partial charge in [0.05, 0.1) is 16.5 Å². The zero-order valence-corrected chi connectivity index (χ0v) is 19.7. The maximum atomic E-state index is 13.3. The lowest BCUT2D eigenvalue weighted by Gasteiger charge is -2.31. The molecule has 0 saturated carbocycles. The van der Waals surface area contributed by atoms with Crippen molar-refractivity contribution in [2.75, 3.05) is 18.4 Å². The standard InChI is InChI=1S/C25H24N6O3S/c32-25(27-24-11-5-4-10-23(24)19-7-2-1-3-8-19)20-9-6-16-30(17-20)35(33,34)22-14-12-21(13-15-22)31-18-26-28-29-31/h1-5,7-8,10-15,18,20H,6,9,16-17H2,(H,27,32)/t20-/m1/s1. The molecule has 1 amide bonds. The van der Waals surface area contributed by atoms with E-state index in [0.29, 0.717) is 30.8 Å². The van der Waals surface area contributed by atoms with E-state index in [1.807, 2.05) is 54.6 Å². The largest absolute Gasteiger partial charge is 0.325 e. The number of amides is 1. The summed E-state index contributed by atoms with van der Waals surface area (Å²) in [5, 5.41) is 14.0. The highest BCUT2D eigenvalue weighted by atomic mass is 32.2. The first-order valence-corrected chi connectivity index (χ1v) is 12.8. The molecule has 0 spiro atoms. The van der Waals surface area contributed by atoms with Crippen molar-refractivity contribution in [2.45, 2.75) is 17.7 Å². The second-order valence-electron chi connectivity index (χ2n) is 8.35. The van der Waals surface area contributed by atoms with Gasteiger partial charge in [0.2, 0.25) is 15.9 Å². The summed E-state index contributed by atoms with van der Waals surface area (Å²) in [6, 6.07) is 23.8. The normalized spacial score (nSPS) is 16.6. The molecule has 35 heavy (non-hydrogen) atoms. The number of tetrazole rings is 1. The Morgan fingerprint density at radius 2 is 1.69 bits per heavy atom. The summed E-state index contributed by atoms with van der Waals surface area (Å²) in [6.45, 7) is 0.512. The molecule has 0 aliphatic carbocycles. The number of sulfonamides is 1. The van der Waals surface area contributed by atoms with Crippen LogP contribution < -0.4 is 5.32 Å². The van der Waals surface area contributed by atoms with Crippen LogP contribution in [0.25, 0.3) is 16.8 Å². The minimum absolute atomic E-state index is 0.135. The number of hydrogen-bond donors (Lipinski definition) is 1. The van der Waals surface area contributed by atoms with E-state index in [2.05, 4.69) is 20.8 Å². The Bertz CT molecular complexity index is 1410. The van der Waals surface area contributed by atoms with Gasteiger partial charge in [-0.25, -0.2) is 13.1 Å². The van der Waals surface area contributed by atoms with Crippen molar-refractivity contribution < 1.29 is 13.2 Å². The average Bonchev–Trinajstić information content (AvgIpc) is 3.45. The highest BCUT2D eigenvalue weighted by molar-refractivity contribution is 7.89. The van der Waals surface area contributed by atoms with E-state index >= 15 is 0 Å². The molecular weight excluding hydrogens is 464 g/mol. The van der Waals surface area contributed by atoms with Crippen LogP contribution in [0.5, 0.6) is 0 Å². The molecule has 5 rings (SSSR count). The van der Waals surface area contributed by atoms with Crippen molar-refractivity contribution in [3.8, 4) is 16.8 Å². The fourth-order valence-corrected chi connectivity index (χ4v) is 5.79. The van der Waals surface area contributed by atoms with Gasteiger partial charge in [-0.15, -0.1) is 5.10 Å². The van der Waals surface area contributed by atoms with Gasteiger partial charge in [0, 0.05) is 24.3 Å². The number of hydrogen-bond acceptors (Lipinski definition) is 6. The van der Waals surface area contributed by atoms with E-state index in [9.17, 15) is 13.2 Å². The number of aromatic nitrogens is 4. The van der Waals surface area contributed by atoms with E-state index in [1.54, 1.807) is 12.1 Å². The summed E-state index contributed by atoms with van der Waals surface area (Å²) in [5.41, 5.74) is 3.29. The Balaban J connectivity index is 1.31. The van der Waals surface area contributed by atoms with Crippen LogP contribution in [0, 0.1) is 5.92 Å². The molecule has 1 N–H and O–H groups in total. The molecule has 3 aromatic carbocycles. The first-order valence-electron chi connectivity index (χ1n) is 11.3. The summed E-state index contributed by atoms with van der Waals surface area (Å²) in [6.07, 6.45) is 2.68. The van der Waals surface area contributed by atoms with Gasteiger partial charge in [-0.05, 0) is 59.2 Å². The quantitative estimate of drug-likeness (QED) is 0.446. The summed E-state index contributed by atoms with van der Waals surface area (Å²) in [7, 11) is -3.75. The third kappa shape index (κ3) is 4.84. The maximum Gasteiger partial charge on any atom is 0.243 e. The van der Waals surface area contributed by atoms with Gasteiger partial charge in [-0.1, -0.05) is 48.5 Å². The van der Waals surface area contributed by atoms with Gasteiger partial charge in [0.1, 0.15) is 6.33 Å². The topological polar surface area (TPSA) is 110 Å². The number of nitrogens with one attached hydrogen (secondary N) is 1. The van der Waals surface area contributed by atoms with Gasteiger partial charge in [0.25, 0.3) is 0 Å². The second-order valence-corrected chi connectivity index (χ2v) is 10.3. The SMILES string of the molecule is O=C(Nc1ccccc1-c1ccccc1)[C@@H]1CCCN(S(=O)(=O)c2ccc(-n3cnnn3)cc2)C1. The van der Waals surface area contributed by atoms with Crippen molar-refractivity contribution >= 4 is 21.6 Å². The minimum atomic E-state index is -3.75. The van der Waals surface area contributed by atoms with Crippen LogP contribution in [-0.4, -0.2) is 51.9 Å². The Hall–Kier alpha value is -3.89. The van der Waals surface area contributed by atoms with Gasteiger partial charge in [-0.3, -0.25) is 4.79 Å². The van der Waals surface area contributed by atoms with Crippen LogP contribution in [0.3, 0.4) is 0 Å². The Labute approximate surface area is 203 Å². The molecule has 1 fully saturated rings. The molecule has 4 aromatic rings. The van der Waals surface area contributed by atoms with Crippen molar-refractivity contribution in [2.24, 2.45) is 5.92 Å². The van der Waals surface area contributed by atoms with Gasteiger partial charge in [-0.2, -0.15) is 4.31 Å². The van der Waals surface area contributed by atoms with Crippen molar-refractivity contribution in [1.29, 1.82) is 0 Å². The second kappa shape index (κ2) is 9.77. The molecule has 1 saturated heterocycles. The number of benzene rings is 3. The molecule has 1 aliphatic rings. The summed E-state index contributed by atoms with van der Waals surface area (Å²) in [5.74, 6) is -0.620. The smallest absolute Gasteiger partial charge is 0.243 e.